The second kappa shape index (κ2) is 6.04. The Morgan fingerprint density at radius 2 is 2.11 bits per heavy atom. The second-order valence-corrected chi connectivity index (χ2v) is 4.68. The molecule has 6 nitrogen and oxygen atoms in total. The number of nitrogens with one attached hydrogen (secondary N) is 2. The van der Waals surface area contributed by atoms with Crippen molar-refractivity contribution in [3.8, 4) is 0 Å². The van der Waals surface area contributed by atoms with Gasteiger partial charge in [0, 0.05) is 0 Å². The largest absolute Gasteiger partial charge is 0.464 e. The Kier molecular flexibility index (Phi) is 4.95. The standard InChI is InChI=1S/C12H22N2O4/c1-4-9(7-15)13-11(17)14-12(6-8(12)3)10(16)18-5-2/h8-9,15H,4-7H2,1-3H3,(H2,13,14,17). The van der Waals surface area contributed by atoms with Gasteiger partial charge in [-0.2, -0.15) is 0 Å². The van der Waals surface area contributed by atoms with Gasteiger partial charge in [-0.15, -0.1) is 0 Å². The number of esters is 1. The molecular weight excluding hydrogens is 236 g/mol. The van der Waals surface area contributed by atoms with Crippen LogP contribution in [0.5, 0.6) is 0 Å². The highest BCUT2D eigenvalue weighted by molar-refractivity contribution is 5.90. The van der Waals surface area contributed by atoms with E-state index in [4.69, 9.17) is 9.84 Å². The summed E-state index contributed by atoms with van der Waals surface area (Å²) in [6.45, 7) is 5.66. The van der Waals surface area contributed by atoms with Crippen molar-refractivity contribution >= 4 is 12.0 Å². The molecule has 6 heteroatoms. The predicted octanol–water partition coefficient (Wildman–Crippen LogP) is 0.398. The number of hydrogen-bond acceptors (Lipinski definition) is 4. The lowest BCUT2D eigenvalue weighted by atomic mass is 10.2. The molecular formula is C12H22N2O4. The first kappa shape index (κ1) is 14.8. The molecule has 0 saturated heterocycles. The highest BCUT2D eigenvalue weighted by Crippen LogP contribution is 2.43. The van der Waals surface area contributed by atoms with E-state index in [9.17, 15) is 9.59 Å². The van der Waals surface area contributed by atoms with E-state index in [1.54, 1.807) is 6.92 Å². The van der Waals surface area contributed by atoms with E-state index in [0.717, 1.165) is 0 Å². The monoisotopic (exact) mass is 258 g/mol. The first-order valence-corrected chi connectivity index (χ1v) is 6.36. The van der Waals surface area contributed by atoms with E-state index < -0.39 is 11.6 Å². The SMILES string of the molecule is CCOC(=O)C1(NC(=O)NC(CC)CO)CC1C. The minimum Gasteiger partial charge on any atom is -0.464 e. The van der Waals surface area contributed by atoms with Crippen LogP contribution in [0.1, 0.15) is 33.6 Å². The number of rotatable bonds is 6. The fraction of sp³-hybridized carbons (Fsp3) is 0.833. The molecule has 3 atom stereocenters. The van der Waals surface area contributed by atoms with Gasteiger partial charge in [-0.05, 0) is 25.7 Å². The lowest BCUT2D eigenvalue weighted by Crippen LogP contribution is -2.52. The third kappa shape index (κ3) is 3.13. The van der Waals surface area contributed by atoms with Crippen molar-refractivity contribution in [2.75, 3.05) is 13.2 Å². The van der Waals surface area contributed by atoms with Gasteiger partial charge in [-0.25, -0.2) is 9.59 Å². The van der Waals surface area contributed by atoms with Crippen molar-refractivity contribution in [1.29, 1.82) is 0 Å². The van der Waals surface area contributed by atoms with Crippen LogP contribution in [0.4, 0.5) is 4.79 Å². The minimum atomic E-state index is -0.881. The molecule has 0 bridgehead atoms. The maximum atomic E-state index is 11.8. The van der Waals surface area contributed by atoms with Gasteiger partial charge in [0.25, 0.3) is 0 Å². The van der Waals surface area contributed by atoms with Crippen LogP contribution in [0.3, 0.4) is 0 Å². The lowest BCUT2D eigenvalue weighted by molar-refractivity contribution is -0.147. The summed E-state index contributed by atoms with van der Waals surface area (Å²) < 4.78 is 4.97. The van der Waals surface area contributed by atoms with Crippen LogP contribution in [0, 0.1) is 5.92 Å². The first-order valence-electron chi connectivity index (χ1n) is 6.36. The van der Waals surface area contributed by atoms with Crippen LogP contribution in [0.2, 0.25) is 0 Å². The van der Waals surface area contributed by atoms with Crippen molar-refractivity contribution in [2.24, 2.45) is 5.92 Å². The van der Waals surface area contributed by atoms with E-state index >= 15 is 0 Å². The van der Waals surface area contributed by atoms with Gasteiger partial charge in [0.15, 0.2) is 0 Å². The Morgan fingerprint density at radius 1 is 1.50 bits per heavy atom. The number of carbonyl (C=O) groups is 2. The van der Waals surface area contributed by atoms with E-state index in [1.807, 2.05) is 13.8 Å². The molecule has 18 heavy (non-hydrogen) atoms. The predicted molar refractivity (Wildman–Crippen MR) is 66.0 cm³/mol. The van der Waals surface area contributed by atoms with Crippen molar-refractivity contribution in [2.45, 2.75) is 45.2 Å². The van der Waals surface area contributed by atoms with Gasteiger partial charge in [0.05, 0.1) is 19.3 Å². The molecule has 0 heterocycles. The number of aliphatic hydroxyl groups is 1. The zero-order valence-corrected chi connectivity index (χ0v) is 11.2. The zero-order valence-electron chi connectivity index (χ0n) is 11.2. The second-order valence-electron chi connectivity index (χ2n) is 4.68. The summed E-state index contributed by atoms with van der Waals surface area (Å²) in [7, 11) is 0. The van der Waals surface area contributed by atoms with E-state index in [-0.39, 0.29) is 24.5 Å². The zero-order chi connectivity index (χ0) is 13.8. The summed E-state index contributed by atoms with van der Waals surface area (Å²) in [5.41, 5.74) is -0.881. The third-order valence-electron chi connectivity index (χ3n) is 3.33. The molecule has 0 aromatic heterocycles. The average Bonchev–Trinajstić information content (AvgIpc) is 2.98. The molecule has 0 aromatic carbocycles. The Labute approximate surface area is 107 Å². The number of amides is 2. The quantitative estimate of drug-likeness (QED) is 0.602. The summed E-state index contributed by atoms with van der Waals surface area (Å²) in [5, 5.41) is 14.3. The molecule has 1 aliphatic rings. The Balaban J connectivity index is 2.54. The first-order chi connectivity index (χ1) is 8.50. The fourth-order valence-corrected chi connectivity index (χ4v) is 1.89. The molecule has 0 aromatic rings. The van der Waals surface area contributed by atoms with Crippen LogP contribution >= 0.6 is 0 Å². The number of aliphatic hydroxyl groups excluding tert-OH is 1. The Bertz CT molecular complexity index is 317. The number of carbonyl (C=O) groups excluding carboxylic acids is 2. The van der Waals surface area contributed by atoms with E-state index in [1.165, 1.54) is 0 Å². The molecule has 0 radical (unpaired) electrons. The van der Waals surface area contributed by atoms with Crippen molar-refractivity contribution in [1.82, 2.24) is 10.6 Å². The average molecular weight is 258 g/mol. The maximum Gasteiger partial charge on any atom is 0.332 e. The summed E-state index contributed by atoms with van der Waals surface area (Å²) in [6.07, 6.45) is 1.22. The number of hydrogen-bond donors (Lipinski definition) is 3. The number of ether oxygens (including phenoxy) is 1. The van der Waals surface area contributed by atoms with Gasteiger partial charge in [-0.3, -0.25) is 0 Å². The molecule has 1 rings (SSSR count). The summed E-state index contributed by atoms with van der Waals surface area (Å²) in [4.78, 5) is 23.5. The molecule has 3 unspecified atom stereocenters. The van der Waals surface area contributed by atoms with Gasteiger partial charge in [0.2, 0.25) is 0 Å². The Hall–Kier alpha value is -1.30. The van der Waals surface area contributed by atoms with Gasteiger partial charge >= 0.3 is 12.0 Å². The highest BCUT2D eigenvalue weighted by Gasteiger charge is 2.60. The fourth-order valence-electron chi connectivity index (χ4n) is 1.89. The maximum absolute atomic E-state index is 11.8. The summed E-state index contributed by atoms with van der Waals surface area (Å²) >= 11 is 0. The molecule has 3 N–H and O–H groups in total. The van der Waals surface area contributed by atoms with Crippen molar-refractivity contribution < 1.29 is 19.4 Å². The molecule has 1 aliphatic carbocycles. The summed E-state index contributed by atoms with van der Waals surface area (Å²) in [6, 6.07) is -0.730. The van der Waals surface area contributed by atoms with E-state index in [2.05, 4.69) is 10.6 Å². The van der Waals surface area contributed by atoms with Gasteiger partial charge < -0.3 is 20.5 Å². The van der Waals surface area contributed by atoms with Crippen LogP contribution in [0.25, 0.3) is 0 Å². The molecule has 1 saturated carbocycles. The molecule has 104 valence electrons. The normalized spacial score (nSPS) is 27.2. The molecule has 1 fully saturated rings. The number of urea groups is 1. The highest BCUT2D eigenvalue weighted by atomic mass is 16.5. The van der Waals surface area contributed by atoms with Crippen molar-refractivity contribution in [3.05, 3.63) is 0 Å². The smallest absolute Gasteiger partial charge is 0.332 e. The van der Waals surface area contributed by atoms with Crippen LogP contribution in [0.15, 0.2) is 0 Å². The molecule has 0 aliphatic heterocycles. The van der Waals surface area contributed by atoms with E-state index in [0.29, 0.717) is 19.4 Å². The lowest BCUT2D eigenvalue weighted by Gasteiger charge is -2.20. The van der Waals surface area contributed by atoms with Crippen molar-refractivity contribution in [3.63, 3.8) is 0 Å². The van der Waals surface area contributed by atoms with Crippen LogP contribution in [-0.2, 0) is 9.53 Å². The third-order valence-corrected chi connectivity index (χ3v) is 3.33. The summed E-state index contributed by atoms with van der Waals surface area (Å²) in [5.74, 6) is -0.304. The molecule has 2 amide bonds. The van der Waals surface area contributed by atoms with Gasteiger partial charge in [0.1, 0.15) is 5.54 Å². The van der Waals surface area contributed by atoms with Crippen LogP contribution < -0.4 is 10.6 Å². The molecule has 0 spiro atoms. The van der Waals surface area contributed by atoms with Gasteiger partial charge in [-0.1, -0.05) is 13.8 Å². The van der Waals surface area contributed by atoms with Crippen LogP contribution in [-0.4, -0.2) is 41.9 Å². The Morgan fingerprint density at radius 3 is 2.50 bits per heavy atom. The topological polar surface area (TPSA) is 87.7 Å². The minimum absolute atomic E-state index is 0.0801.